The molecule has 5 nitrogen and oxygen atoms in total. The van der Waals surface area contributed by atoms with E-state index in [0.717, 1.165) is 17.0 Å². The molecule has 0 aliphatic heterocycles. The molecule has 2 heterocycles. The summed E-state index contributed by atoms with van der Waals surface area (Å²) in [5.41, 5.74) is 1.48. The number of thiophene rings is 1. The number of aromatic nitrogens is 1. The van der Waals surface area contributed by atoms with Crippen molar-refractivity contribution in [2.45, 2.75) is 13.8 Å². The average molecular weight is 263 g/mol. The standard InChI is InChI=1S/C12H13N3O2S/c1-3-13-10-5-4-9(15(16)17)11(14-10)12-8(2)6-7-18-12/h4-7H,3H2,1-2H3,(H,13,14). The molecular formula is C12H13N3O2S. The summed E-state index contributed by atoms with van der Waals surface area (Å²) in [4.78, 5) is 15.8. The van der Waals surface area contributed by atoms with E-state index >= 15 is 0 Å². The topological polar surface area (TPSA) is 68.1 Å². The van der Waals surface area contributed by atoms with Crippen molar-refractivity contribution in [1.29, 1.82) is 0 Å². The summed E-state index contributed by atoms with van der Waals surface area (Å²) in [5.74, 6) is 0.658. The van der Waals surface area contributed by atoms with E-state index in [0.29, 0.717) is 11.5 Å². The van der Waals surface area contributed by atoms with Crippen LogP contribution < -0.4 is 5.32 Å². The summed E-state index contributed by atoms with van der Waals surface area (Å²) >= 11 is 1.47. The fraction of sp³-hybridized carbons (Fsp3) is 0.250. The second-order valence-corrected chi connectivity index (χ2v) is 4.70. The fourth-order valence-electron chi connectivity index (χ4n) is 1.66. The number of aryl methyl sites for hydroxylation is 1. The number of nitrogens with zero attached hydrogens (tertiary/aromatic N) is 2. The Balaban J connectivity index is 2.58. The summed E-state index contributed by atoms with van der Waals surface area (Å²) in [6.07, 6.45) is 0. The summed E-state index contributed by atoms with van der Waals surface area (Å²) in [6.45, 7) is 4.62. The third-order valence-electron chi connectivity index (χ3n) is 2.51. The molecule has 0 fully saturated rings. The molecule has 0 saturated carbocycles. The van der Waals surface area contributed by atoms with Crippen molar-refractivity contribution in [3.63, 3.8) is 0 Å². The van der Waals surface area contributed by atoms with Crippen LogP contribution in [-0.2, 0) is 0 Å². The van der Waals surface area contributed by atoms with E-state index in [9.17, 15) is 10.1 Å². The van der Waals surface area contributed by atoms with Gasteiger partial charge in [0.15, 0.2) is 5.69 Å². The lowest BCUT2D eigenvalue weighted by atomic mass is 10.2. The first-order valence-corrected chi connectivity index (χ1v) is 6.45. The molecule has 0 spiro atoms. The maximum Gasteiger partial charge on any atom is 0.296 e. The molecule has 1 N–H and O–H groups in total. The van der Waals surface area contributed by atoms with E-state index in [1.54, 1.807) is 6.07 Å². The highest BCUT2D eigenvalue weighted by Crippen LogP contribution is 2.34. The van der Waals surface area contributed by atoms with E-state index < -0.39 is 4.92 Å². The van der Waals surface area contributed by atoms with Crippen LogP contribution >= 0.6 is 11.3 Å². The fourth-order valence-corrected chi connectivity index (χ4v) is 2.59. The van der Waals surface area contributed by atoms with Crippen molar-refractivity contribution in [2.75, 3.05) is 11.9 Å². The molecule has 0 radical (unpaired) electrons. The number of hydrogen-bond acceptors (Lipinski definition) is 5. The van der Waals surface area contributed by atoms with Crippen LogP contribution in [0.3, 0.4) is 0 Å². The summed E-state index contributed by atoms with van der Waals surface area (Å²) in [7, 11) is 0. The van der Waals surface area contributed by atoms with Gasteiger partial charge in [-0.15, -0.1) is 11.3 Å². The van der Waals surface area contributed by atoms with Crippen LogP contribution in [0, 0.1) is 17.0 Å². The summed E-state index contributed by atoms with van der Waals surface area (Å²) in [5, 5.41) is 16.0. The van der Waals surface area contributed by atoms with Crippen LogP contribution in [0.2, 0.25) is 0 Å². The third-order valence-corrected chi connectivity index (χ3v) is 3.53. The van der Waals surface area contributed by atoms with Gasteiger partial charge in [-0.1, -0.05) is 0 Å². The molecule has 2 aromatic heterocycles. The minimum Gasteiger partial charge on any atom is -0.370 e. The second kappa shape index (κ2) is 5.14. The predicted molar refractivity (Wildman–Crippen MR) is 73.1 cm³/mol. The molecule has 0 amide bonds. The van der Waals surface area contributed by atoms with Crippen molar-refractivity contribution in [3.05, 3.63) is 39.3 Å². The Morgan fingerprint density at radius 3 is 2.78 bits per heavy atom. The first-order valence-electron chi connectivity index (χ1n) is 5.57. The van der Waals surface area contributed by atoms with Crippen LogP contribution in [0.5, 0.6) is 0 Å². The maximum absolute atomic E-state index is 11.0. The molecule has 2 rings (SSSR count). The highest BCUT2D eigenvalue weighted by atomic mass is 32.1. The highest BCUT2D eigenvalue weighted by molar-refractivity contribution is 7.13. The first-order chi connectivity index (χ1) is 8.63. The first kappa shape index (κ1) is 12.5. The second-order valence-electron chi connectivity index (χ2n) is 3.78. The van der Waals surface area contributed by atoms with Gasteiger partial charge < -0.3 is 5.32 Å². The Morgan fingerprint density at radius 1 is 1.44 bits per heavy atom. The normalized spacial score (nSPS) is 10.3. The SMILES string of the molecule is CCNc1ccc([N+](=O)[O-])c(-c2sccc2C)n1. The van der Waals surface area contributed by atoms with Crippen LogP contribution in [0.25, 0.3) is 10.6 Å². The molecule has 94 valence electrons. The van der Waals surface area contributed by atoms with Crippen molar-refractivity contribution in [3.8, 4) is 10.6 Å². The number of anilines is 1. The monoisotopic (exact) mass is 263 g/mol. The number of nitro groups is 1. The highest BCUT2D eigenvalue weighted by Gasteiger charge is 2.19. The zero-order valence-electron chi connectivity index (χ0n) is 10.1. The van der Waals surface area contributed by atoms with Crippen LogP contribution in [0.1, 0.15) is 12.5 Å². The molecule has 2 aromatic rings. The van der Waals surface area contributed by atoms with Crippen molar-refractivity contribution < 1.29 is 4.92 Å². The molecule has 0 atom stereocenters. The van der Waals surface area contributed by atoms with Gasteiger partial charge in [-0.3, -0.25) is 10.1 Å². The number of hydrogen-bond donors (Lipinski definition) is 1. The molecule has 18 heavy (non-hydrogen) atoms. The Kier molecular flexibility index (Phi) is 3.57. The lowest BCUT2D eigenvalue weighted by Gasteiger charge is -2.06. The number of rotatable bonds is 4. The average Bonchev–Trinajstić information content (AvgIpc) is 2.75. The molecule has 0 aromatic carbocycles. The van der Waals surface area contributed by atoms with Crippen LogP contribution in [0.15, 0.2) is 23.6 Å². The van der Waals surface area contributed by atoms with E-state index in [4.69, 9.17) is 0 Å². The minimum absolute atomic E-state index is 0.0437. The predicted octanol–water partition coefficient (Wildman–Crippen LogP) is 3.46. The minimum atomic E-state index is -0.392. The van der Waals surface area contributed by atoms with E-state index in [2.05, 4.69) is 10.3 Å². The maximum atomic E-state index is 11.0. The van der Waals surface area contributed by atoms with Gasteiger partial charge in [0.05, 0.1) is 9.80 Å². The zero-order chi connectivity index (χ0) is 13.1. The van der Waals surface area contributed by atoms with Gasteiger partial charge in [0.2, 0.25) is 0 Å². The molecule has 0 unspecified atom stereocenters. The van der Waals surface area contributed by atoms with Gasteiger partial charge in [-0.05, 0) is 36.9 Å². The number of nitrogens with one attached hydrogen (secondary N) is 1. The van der Waals surface area contributed by atoms with Gasteiger partial charge >= 0.3 is 0 Å². The van der Waals surface area contributed by atoms with E-state index in [-0.39, 0.29) is 5.69 Å². The summed E-state index contributed by atoms with van der Waals surface area (Å²) < 4.78 is 0. The third kappa shape index (κ3) is 2.33. The van der Waals surface area contributed by atoms with E-state index in [1.165, 1.54) is 17.4 Å². The Bertz CT molecular complexity index is 580. The molecule has 6 heteroatoms. The van der Waals surface area contributed by atoms with Crippen molar-refractivity contribution >= 4 is 22.8 Å². The largest absolute Gasteiger partial charge is 0.370 e. The zero-order valence-corrected chi connectivity index (χ0v) is 11.0. The Morgan fingerprint density at radius 2 is 2.22 bits per heavy atom. The molecule has 0 saturated heterocycles. The Hall–Kier alpha value is -1.95. The molecule has 0 aliphatic rings. The van der Waals surface area contributed by atoms with Gasteiger partial charge in [0.1, 0.15) is 5.82 Å². The summed E-state index contributed by atoms with van der Waals surface area (Å²) in [6, 6.07) is 5.07. The van der Waals surface area contributed by atoms with Gasteiger partial charge in [-0.2, -0.15) is 0 Å². The molecule has 0 bridgehead atoms. The van der Waals surface area contributed by atoms with Crippen molar-refractivity contribution in [2.24, 2.45) is 0 Å². The van der Waals surface area contributed by atoms with Gasteiger partial charge in [0.25, 0.3) is 5.69 Å². The lowest BCUT2D eigenvalue weighted by molar-refractivity contribution is -0.384. The lowest BCUT2D eigenvalue weighted by Crippen LogP contribution is -2.02. The van der Waals surface area contributed by atoms with Gasteiger partial charge in [0, 0.05) is 12.6 Å². The van der Waals surface area contributed by atoms with E-state index in [1.807, 2.05) is 25.3 Å². The van der Waals surface area contributed by atoms with Crippen LogP contribution in [0.4, 0.5) is 11.5 Å². The van der Waals surface area contributed by atoms with Gasteiger partial charge in [-0.25, -0.2) is 4.98 Å². The van der Waals surface area contributed by atoms with Crippen molar-refractivity contribution in [1.82, 2.24) is 4.98 Å². The molecule has 0 aliphatic carbocycles. The Labute approximate surface area is 109 Å². The van der Waals surface area contributed by atoms with Crippen LogP contribution in [-0.4, -0.2) is 16.5 Å². The molecular weight excluding hydrogens is 250 g/mol. The quantitative estimate of drug-likeness (QED) is 0.677. The number of pyridine rings is 1. The smallest absolute Gasteiger partial charge is 0.296 e.